The van der Waals surface area contributed by atoms with Crippen LogP contribution in [0.5, 0.6) is 0 Å². The Balaban J connectivity index is 2.33. The Labute approximate surface area is 114 Å². The third-order valence-electron chi connectivity index (χ3n) is 3.66. The molecule has 4 heteroatoms. The van der Waals surface area contributed by atoms with Crippen LogP contribution in [0.15, 0.2) is 18.2 Å². The van der Waals surface area contributed by atoms with Gasteiger partial charge in [0, 0.05) is 31.5 Å². The summed E-state index contributed by atoms with van der Waals surface area (Å²) >= 11 is 0. The second kappa shape index (κ2) is 6.05. The number of ether oxygens (including phenoxy) is 1. The van der Waals surface area contributed by atoms with Crippen LogP contribution < -0.4 is 4.90 Å². The maximum absolute atomic E-state index is 9.88. The van der Waals surface area contributed by atoms with E-state index >= 15 is 0 Å². The van der Waals surface area contributed by atoms with Crippen LogP contribution in [0.25, 0.3) is 0 Å². The van der Waals surface area contributed by atoms with Gasteiger partial charge in [-0.2, -0.15) is 5.26 Å². The summed E-state index contributed by atoms with van der Waals surface area (Å²) in [4.78, 5) is 2.21. The van der Waals surface area contributed by atoms with Gasteiger partial charge in [-0.05, 0) is 31.9 Å². The van der Waals surface area contributed by atoms with Crippen molar-refractivity contribution in [3.63, 3.8) is 0 Å². The maximum atomic E-state index is 9.88. The van der Waals surface area contributed by atoms with Gasteiger partial charge in [-0.3, -0.25) is 0 Å². The molecule has 1 fully saturated rings. The summed E-state index contributed by atoms with van der Waals surface area (Å²) < 4.78 is 5.43. The van der Waals surface area contributed by atoms with Crippen molar-refractivity contribution in [2.45, 2.75) is 32.0 Å². The molecule has 1 heterocycles. The molecule has 1 aromatic rings. The second-order valence-corrected chi connectivity index (χ2v) is 5.01. The topological polar surface area (TPSA) is 56.5 Å². The Morgan fingerprint density at radius 1 is 1.53 bits per heavy atom. The number of nitrogens with zero attached hydrogens (tertiary/aromatic N) is 2. The largest absolute Gasteiger partial charge is 0.389 e. The predicted octanol–water partition coefficient (Wildman–Crippen LogP) is 2.23. The van der Waals surface area contributed by atoms with Gasteiger partial charge in [0.2, 0.25) is 0 Å². The molecule has 0 saturated carbocycles. The third kappa shape index (κ3) is 3.06. The van der Waals surface area contributed by atoms with E-state index in [0.29, 0.717) is 5.56 Å². The summed E-state index contributed by atoms with van der Waals surface area (Å²) in [5.41, 5.74) is 2.45. The number of nitriles is 1. The molecule has 0 bridgehead atoms. The fourth-order valence-corrected chi connectivity index (χ4v) is 2.59. The summed E-state index contributed by atoms with van der Waals surface area (Å²) in [7, 11) is 1.73. The van der Waals surface area contributed by atoms with Gasteiger partial charge in [0.05, 0.1) is 23.8 Å². The van der Waals surface area contributed by atoms with Crippen LogP contribution in [0, 0.1) is 11.3 Å². The van der Waals surface area contributed by atoms with Crippen LogP contribution in [-0.2, 0) is 4.74 Å². The van der Waals surface area contributed by atoms with E-state index in [0.717, 1.165) is 37.2 Å². The quantitative estimate of drug-likeness (QED) is 0.905. The zero-order chi connectivity index (χ0) is 13.8. The Hall–Kier alpha value is -1.57. The molecule has 1 N–H and O–H groups in total. The first kappa shape index (κ1) is 13.9. The highest BCUT2D eigenvalue weighted by Crippen LogP contribution is 2.30. The zero-order valence-electron chi connectivity index (χ0n) is 11.5. The third-order valence-corrected chi connectivity index (χ3v) is 3.66. The Morgan fingerprint density at radius 2 is 2.32 bits per heavy atom. The SMILES string of the molecule is COC1CCCN(c2cc(C#N)ccc2[C@@H](C)O)C1. The summed E-state index contributed by atoms with van der Waals surface area (Å²) in [5, 5.41) is 18.9. The molecule has 0 spiro atoms. The lowest BCUT2D eigenvalue weighted by Gasteiger charge is -2.35. The van der Waals surface area contributed by atoms with Gasteiger partial charge in [-0.15, -0.1) is 0 Å². The molecule has 2 rings (SSSR count). The van der Waals surface area contributed by atoms with Crippen molar-refractivity contribution in [3.05, 3.63) is 29.3 Å². The predicted molar refractivity (Wildman–Crippen MR) is 74.0 cm³/mol. The molecule has 0 aliphatic carbocycles. The number of benzene rings is 1. The molecule has 1 aliphatic rings. The highest BCUT2D eigenvalue weighted by molar-refractivity contribution is 5.58. The van der Waals surface area contributed by atoms with E-state index in [1.54, 1.807) is 20.1 Å². The fraction of sp³-hybridized carbons (Fsp3) is 0.533. The normalized spacial score (nSPS) is 20.9. The zero-order valence-corrected chi connectivity index (χ0v) is 11.5. The molecule has 4 nitrogen and oxygen atoms in total. The molecule has 2 atom stereocenters. The van der Waals surface area contributed by atoms with Gasteiger partial charge in [0.1, 0.15) is 0 Å². The van der Waals surface area contributed by atoms with Crippen LogP contribution in [0.2, 0.25) is 0 Å². The molecular weight excluding hydrogens is 240 g/mol. The minimum atomic E-state index is -0.536. The minimum absolute atomic E-state index is 0.223. The second-order valence-electron chi connectivity index (χ2n) is 5.01. The highest BCUT2D eigenvalue weighted by Gasteiger charge is 2.22. The number of aliphatic hydroxyl groups excluding tert-OH is 1. The number of rotatable bonds is 3. The van der Waals surface area contributed by atoms with Gasteiger partial charge in [-0.1, -0.05) is 6.07 Å². The van der Waals surface area contributed by atoms with Crippen LogP contribution in [0.4, 0.5) is 5.69 Å². The van der Waals surface area contributed by atoms with Crippen molar-refractivity contribution in [1.82, 2.24) is 0 Å². The summed E-state index contributed by atoms with van der Waals surface area (Å²) in [5.74, 6) is 0. The van der Waals surface area contributed by atoms with E-state index in [2.05, 4.69) is 11.0 Å². The van der Waals surface area contributed by atoms with E-state index < -0.39 is 6.10 Å². The number of hydrogen-bond acceptors (Lipinski definition) is 4. The molecule has 1 unspecified atom stereocenters. The smallest absolute Gasteiger partial charge is 0.0992 e. The number of anilines is 1. The first-order chi connectivity index (χ1) is 9.15. The molecule has 102 valence electrons. The highest BCUT2D eigenvalue weighted by atomic mass is 16.5. The van der Waals surface area contributed by atoms with Crippen molar-refractivity contribution >= 4 is 5.69 Å². The van der Waals surface area contributed by atoms with Crippen molar-refractivity contribution < 1.29 is 9.84 Å². The van der Waals surface area contributed by atoms with E-state index in [-0.39, 0.29) is 6.10 Å². The van der Waals surface area contributed by atoms with Crippen molar-refractivity contribution in [1.29, 1.82) is 5.26 Å². The monoisotopic (exact) mass is 260 g/mol. The Morgan fingerprint density at radius 3 is 2.95 bits per heavy atom. The lowest BCUT2D eigenvalue weighted by molar-refractivity contribution is 0.0891. The van der Waals surface area contributed by atoms with Crippen molar-refractivity contribution in [2.24, 2.45) is 0 Å². The van der Waals surface area contributed by atoms with Gasteiger partial charge in [0.25, 0.3) is 0 Å². The van der Waals surface area contributed by atoms with Crippen molar-refractivity contribution in [3.8, 4) is 6.07 Å². The fourth-order valence-electron chi connectivity index (χ4n) is 2.59. The Bertz CT molecular complexity index is 480. The molecule has 1 aromatic carbocycles. The van der Waals surface area contributed by atoms with Gasteiger partial charge in [-0.25, -0.2) is 0 Å². The van der Waals surface area contributed by atoms with Crippen LogP contribution in [0.1, 0.15) is 37.0 Å². The van der Waals surface area contributed by atoms with Crippen LogP contribution in [0.3, 0.4) is 0 Å². The minimum Gasteiger partial charge on any atom is -0.389 e. The van der Waals surface area contributed by atoms with Crippen LogP contribution >= 0.6 is 0 Å². The molecular formula is C15H20N2O2. The average Bonchev–Trinajstić information content (AvgIpc) is 2.46. The summed E-state index contributed by atoms with van der Waals surface area (Å²) in [6.45, 7) is 3.50. The number of aliphatic hydroxyl groups is 1. The Kier molecular flexibility index (Phi) is 4.41. The van der Waals surface area contributed by atoms with Crippen molar-refractivity contribution in [2.75, 3.05) is 25.1 Å². The maximum Gasteiger partial charge on any atom is 0.0992 e. The first-order valence-corrected chi connectivity index (χ1v) is 6.65. The molecule has 1 aliphatic heterocycles. The van der Waals surface area contributed by atoms with Gasteiger partial charge in [0.15, 0.2) is 0 Å². The lowest BCUT2D eigenvalue weighted by Crippen LogP contribution is -2.39. The van der Waals surface area contributed by atoms with E-state index in [9.17, 15) is 5.11 Å². The molecule has 0 amide bonds. The standard InChI is InChI=1S/C15H20N2O2/c1-11(18)14-6-5-12(9-16)8-15(14)17-7-3-4-13(10-17)19-2/h5-6,8,11,13,18H,3-4,7,10H2,1-2H3/t11-,13?/m1/s1. The molecule has 0 aromatic heterocycles. The lowest BCUT2D eigenvalue weighted by atomic mass is 10.0. The van der Waals surface area contributed by atoms with E-state index in [1.165, 1.54) is 0 Å². The first-order valence-electron chi connectivity index (χ1n) is 6.65. The van der Waals surface area contributed by atoms with Gasteiger partial charge >= 0.3 is 0 Å². The average molecular weight is 260 g/mol. The van der Waals surface area contributed by atoms with E-state index in [1.807, 2.05) is 12.1 Å². The molecule has 0 radical (unpaired) electrons. The number of piperidine rings is 1. The van der Waals surface area contributed by atoms with Crippen LogP contribution in [-0.4, -0.2) is 31.4 Å². The summed E-state index contributed by atoms with van der Waals surface area (Å²) in [6, 6.07) is 7.61. The number of methoxy groups -OCH3 is 1. The molecule has 19 heavy (non-hydrogen) atoms. The number of hydrogen-bond donors (Lipinski definition) is 1. The van der Waals surface area contributed by atoms with E-state index in [4.69, 9.17) is 10.00 Å². The summed E-state index contributed by atoms with van der Waals surface area (Å²) in [6.07, 6.45) is 1.82. The van der Waals surface area contributed by atoms with Gasteiger partial charge < -0.3 is 14.7 Å². The molecule has 1 saturated heterocycles.